The SMILES string of the molecule is CCOc1cc(/C=N\NC(=O)CSc2ccccc2)ccc1OCc1ccccc1. The van der Waals surface area contributed by atoms with E-state index >= 15 is 0 Å². The highest BCUT2D eigenvalue weighted by Crippen LogP contribution is 2.29. The Morgan fingerprint density at radius 2 is 1.70 bits per heavy atom. The van der Waals surface area contributed by atoms with Crippen LogP contribution in [0.15, 0.2) is 88.9 Å². The van der Waals surface area contributed by atoms with E-state index in [1.165, 1.54) is 11.8 Å². The summed E-state index contributed by atoms with van der Waals surface area (Å²) in [6.45, 7) is 2.91. The van der Waals surface area contributed by atoms with Crippen molar-refractivity contribution in [1.82, 2.24) is 5.43 Å². The van der Waals surface area contributed by atoms with Gasteiger partial charge in [0.2, 0.25) is 5.91 Å². The van der Waals surface area contributed by atoms with Gasteiger partial charge in [-0.1, -0.05) is 48.5 Å². The zero-order valence-corrected chi connectivity index (χ0v) is 17.6. The van der Waals surface area contributed by atoms with Crippen LogP contribution in [0, 0.1) is 0 Å². The van der Waals surface area contributed by atoms with Crippen LogP contribution in [0.1, 0.15) is 18.1 Å². The van der Waals surface area contributed by atoms with Crippen LogP contribution in [0.3, 0.4) is 0 Å². The second-order valence-corrected chi connectivity index (χ2v) is 7.36. The third kappa shape index (κ3) is 6.97. The fourth-order valence-electron chi connectivity index (χ4n) is 2.60. The lowest BCUT2D eigenvalue weighted by atomic mass is 10.2. The van der Waals surface area contributed by atoms with Crippen LogP contribution < -0.4 is 14.9 Å². The molecule has 154 valence electrons. The molecule has 0 aromatic heterocycles. The molecule has 0 atom stereocenters. The zero-order valence-electron chi connectivity index (χ0n) is 16.8. The minimum absolute atomic E-state index is 0.159. The number of hydrogen-bond acceptors (Lipinski definition) is 5. The van der Waals surface area contributed by atoms with Crippen molar-refractivity contribution in [3.05, 3.63) is 90.0 Å². The third-order valence-electron chi connectivity index (χ3n) is 4.02. The van der Waals surface area contributed by atoms with Gasteiger partial charge in [-0.25, -0.2) is 5.43 Å². The standard InChI is InChI=1S/C24H24N2O3S/c1-2-28-23-15-20(13-14-22(23)29-17-19-9-5-3-6-10-19)16-25-26-24(27)18-30-21-11-7-4-8-12-21/h3-16H,2,17-18H2,1H3,(H,26,27)/b25-16-. The van der Waals surface area contributed by atoms with Crippen molar-refractivity contribution in [1.29, 1.82) is 0 Å². The van der Waals surface area contributed by atoms with E-state index < -0.39 is 0 Å². The van der Waals surface area contributed by atoms with Gasteiger partial charge >= 0.3 is 0 Å². The maximum atomic E-state index is 12.0. The Kier molecular flexibility index (Phi) is 8.35. The van der Waals surface area contributed by atoms with Gasteiger partial charge in [0.05, 0.1) is 18.6 Å². The summed E-state index contributed by atoms with van der Waals surface area (Å²) in [6.07, 6.45) is 1.59. The van der Waals surface area contributed by atoms with E-state index in [2.05, 4.69) is 10.5 Å². The van der Waals surface area contributed by atoms with Gasteiger partial charge in [-0.2, -0.15) is 5.10 Å². The van der Waals surface area contributed by atoms with Crippen molar-refractivity contribution in [2.24, 2.45) is 5.10 Å². The molecule has 0 heterocycles. The Labute approximate surface area is 181 Å². The van der Waals surface area contributed by atoms with Crippen molar-refractivity contribution in [3.8, 4) is 11.5 Å². The number of nitrogens with one attached hydrogen (secondary N) is 1. The van der Waals surface area contributed by atoms with Gasteiger partial charge in [0, 0.05) is 4.90 Å². The highest BCUT2D eigenvalue weighted by atomic mass is 32.2. The third-order valence-corrected chi connectivity index (χ3v) is 5.03. The quantitative estimate of drug-likeness (QED) is 0.288. The summed E-state index contributed by atoms with van der Waals surface area (Å²) in [7, 11) is 0. The first-order chi connectivity index (χ1) is 14.7. The van der Waals surface area contributed by atoms with Crippen molar-refractivity contribution in [2.45, 2.75) is 18.4 Å². The van der Waals surface area contributed by atoms with E-state index in [-0.39, 0.29) is 5.91 Å². The van der Waals surface area contributed by atoms with Gasteiger partial charge in [-0.05, 0) is 48.4 Å². The number of carbonyl (C=O) groups excluding carboxylic acids is 1. The maximum Gasteiger partial charge on any atom is 0.250 e. The molecule has 6 heteroatoms. The first-order valence-electron chi connectivity index (χ1n) is 9.68. The molecule has 3 aromatic carbocycles. The summed E-state index contributed by atoms with van der Waals surface area (Å²) in [4.78, 5) is 13.0. The molecule has 1 N–H and O–H groups in total. The first-order valence-corrected chi connectivity index (χ1v) is 10.7. The lowest BCUT2D eigenvalue weighted by Crippen LogP contribution is -2.19. The van der Waals surface area contributed by atoms with Crippen LogP contribution in [0.5, 0.6) is 11.5 Å². The topological polar surface area (TPSA) is 59.9 Å². The van der Waals surface area contributed by atoms with Crippen molar-refractivity contribution in [2.75, 3.05) is 12.4 Å². The van der Waals surface area contributed by atoms with Crippen molar-refractivity contribution < 1.29 is 14.3 Å². The van der Waals surface area contributed by atoms with Gasteiger partial charge in [-0.3, -0.25) is 4.79 Å². The number of carbonyl (C=O) groups is 1. The second-order valence-electron chi connectivity index (χ2n) is 6.31. The Morgan fingerprint density at radius 1 is 0.967 bits per heavy atom. The number of thioether (sulfide) groups is 1. The summed E-state index contributed by atoms with van der Waals surface area (Å²) >= 11 is 1.47. The largest absolute Gasteiger partial charge is 0.490 e. The van der Waals surface area contributed by atoms with Crippen LogP contribution >= 0.6 is 11.8 Å². The smallest absolute Gasteiger partial charge is 0.250 e. The van der Waals surface area contributed by atoms with E-state index in [9.17, 15) is 4.79 Å². The van der Waals surface area contributed by atoms with E-state index in [0.29, 0.717) is 30.5 Å². The van der Waals surface area contributed by atoms with Gasteiger partial charge < -0.3 is 9.47 Å². The number of hydrogen-bond donors (Lipinski definition) is 1. The number of hydrazone groups is 1. The first kappa shape index (κ1) is 21.5. The summed E-state index contributed by atoms with van der Waals surface area (Å²) in [5, 5.41) is 4.04. The number of nitrogens with zero attached hydrogens (tertiary/aromatic N) is 1. The Hall–Kier alpha value is -3.25. The highest BCUT2D eigenvalue weighted by Gasteiger charge is 2.07. The highest BCUT2D eigenvalue weighted by molar-refractivity contribution is 8.00. The van der Waals surface area contributed by atoms with Crippen LogP contribution in [0.25, 0.3) is 0 Å². The van der Waals surface area contributed by atoms with E-state index in [4.69, 9.17) is 9.47 Å². The lowest BCUT2D eigenvalue weighted by Gasteiger charge is -2.12. The average molecular weight is 421 g/mol. The number of amides is 1. The lowest BCUT2D eigenvalue weighted by molar-refractivity contribution is -0.118. The molecular weight excluding hydrogens is 396 g/mol. The van der Waals surface area contributed by atoms with Crippen LogP contribution in [-0.4, -0.2) is 24.5 Å². The Bertz CT molecular complexity index is 963. The Morgan fingerprint density at radius 3 is 2.43 bits per heavy atom. The van der Waals surface area contributed by atoms with E-state index in [1.54, 1.807) is 6.21 Å². The van der Waals surface area contributed by atoms with E-state index in [0.717, 1.165) is 16.0 Å². The molecule has 3 rings (SSSR count). The molecule has 0 unspecified atom stereocenters. The summed E-state index contributed by atoms with van der Waals surface area (Å²) < 4.78 is 11.6. The summed E-state index contributed by atoms with van der Waals surface area (Å²) in [6, 6.07) is 25.3. The monoisotopic (exact) mass is 420 g/mol. The maximum absolute atomic E-state index is 12.0. The molecule has 0 bridgehead atoms. The fourth-order valence-corrected chi connectivity index (χ4v) is 3.32. The van der Waals surface area contributed by atoms with Crippen molar-refractivity contribution >= 4 is 23.9 Å². The fraction of sp³-hybridized carbons (Fsp3) is 0.167. The zero-order chi connectivity index (χ0) is 21.0. The van der Waals surface area contributed by atoms with Gasteiger partial charge in [-0.15, -0.1) is 11.8 Å². The van der Waals surface area contributed by atoms with Crippen molar-refractivity contribution in [3.63, 3.8) is 0 Å². The minimum Gasteiger partial charge on any atom is -0.490 e. The average Bonchev–Trinajstić information content (AvgIpc) is 2.79. The molecule has 5 nitrogen and oxygen atoms in total. The molecule has 1 amide bonds. The molecular formula is C24H24N2O3S. The number of ether oxygens (including phenoxy) is 2. The number of rotatable bonds is 10. The molecule has 0 aliphatic rings. The predicted molar refractivity (Wildman–Crippen MR) is 121 cm³/mol. The van der Waals surface area contributed by atoms with Crippen LogP contribution in [0.4, 0.5) is 0 Å². The second kappa shape index (κ2) is 11.7. The molecule has 0 saturated heterocycles. The summed E-state index contributed by atoms with van der Waals surface area (Å²) in [5.41, 5.74) is 4.44. The molecule has 0 spiro atoms. The van der Waals surface area contributed by atoms with Gasteiger partial charge in [0.25, 0.3) is 0 Å². The Balaban J connectivity index is 1.54. The van der Waals surface area contributed by atoms with E-state index in [1.807, 2.05) is 85.8 Å². The molecule has 30 heavy (non-hydrogen) atoms. The van der Waals surface area contributed by atoms with Gasteiger partial charge in [0.15, 0.2) is 11.5 Å². The molecule has 0 fully saturated rings. The predicted octanol–water partition coefficient (Wildman–Crippen LogP) is 4.91. The molecule has 3 aromatic rings. The minimum atomic E-state index is -0.159. The molecule has 0 aliphatic carbocycles. The molecule has 0 aliphatic heterocycles. The normalized spacial score (nSPS) is 10.7. The number of benzene rings is 3. The molecule has 0 radical (unpaired) electrons. The van der Waals surface area contributed by atoms with Gasteiger partial charge in [0.1, 0.15) is 6.61 Å². The molecule has 0 saturated carbocycles. The van der Waals surface area contributed by atoms with Crippen LogP contribution in [-0.2, 0) is 11.4 Å². The van der Waals surface area contributed by atoms with Crippen LogP contribution in [0.2, 0.25) is 0 Å². The summed E-state index contributed by atoms with van der Waals surface area (Å²) in [5.74, 6) is 1.45.